The van der Waals surface area contributed by atoms with Crippen LogP contribution in [0.1, 0.15) is 5.56 Å². The van der Waals surface area contributed by atoms with Gasteiger partial charge in [0.1, 0.15) is 17.6 Å². The second-order valence-electron chi connectivity index (χ2n) is 3.96. The summed E-state index contributed by atoms with van der Waals surface area (Å²) in [6.45, 7) is 0.543. The number of benzene rings is 2. The van der Waals surface area contributed by atoms with Crippen molar-refractivity contribution in [2.24, 2.45) is 0 Å². The lowest BCUT2D eigenvalue weighted by atomic mass is 10.2. The fourth-order valence-electron chi connectivity index (χ4n) is 1.73. The molecule has 102 valence electrons. The van der Waals surface area contributed by atoms with Crippen molar-refractivity contribution < 1.29 is 9.47 Å². The minimum Gasteiger partial charge on any atom is -0.496 e. The molecule has 0 saturated heterocycles. The SMILES string of the molecule is COc1ccccc1SCCOc1ccccc1C#N. The van der Waals surface area contributed by atoms with E-state index in [2.05, 4.69) is 6.07 Å². The molecule has 20 heavy (non-hydrogen) atoms. The van der Waals surface area contributed by atoms with Gasteiger partial charge in [0.05, 0.1) is 19.3 Å². The lowest BCUT2D eigenvalue weighted by Gasteiger charge is -2.09. The Hall–Kier alpha value is -2.12. The molecule has 0 saturated carbocycles. The van der Waals surface area contributed by atoms with Gasteiger partial charge in [0.2, 0.25) is 0 Å². The van der Waals surface area contributed by atoms with Crippen LogP contribution in [0.2, 0.25) is 0 Å². The Bertz CT molecular complexity index is 607. The van der Waals surface area contributed by atoms with Crippen molar-refractivity contribution in [3.8, 4) is 17.6 Å². The van der Waals surface area contributed by atoms with Crippen molar-refractivity contribution in [1.29, 1.82) is 5.26 Å². The van der Waals surface area contributed by atoms with Crippen molar-refractivity contribution in [3.63, 3.8) is 0 Å². The molecule has 0 aromatic heterocycles. The van der Waals surface area contributed by atoms with Crippen LogP contribution in [0.25, 0.3) is 0 Å². The normalized spacial score (nSPS) is 9.80. The topological polar surface area (TPSA) is 42.2 Å². The van der Waals surface area contributed by atoms with E-state index in [4.69, 9.17) is 14.7 Å². The highest BCUT2D eigenvalue weighted by atomic mass is 32.2. The van der Waals surface area contributed by atoms with E-state index in [-0.39, 0.29) is 0 Å². The van der Waals surface area contributed by atoms with Gasteiger partial charge in [-0.25, -0.2) is 0 Å². The highest BCUT2D eigenvalue weighted by molar-refractivity contribution is 7.99. The Morgan fingerprint density at radius 1 is 1.05 bits per heavy atom. The molecular weight excluding hydrogens is 270 g/mol. The summed E-state index contributed by atoms with van der Waals surface area (Å²) in [6.07, 6.45) is 0. The summed E-state index contributed by atoms with van der Waals surface area (Å²) >= 11 is 1.67. The monoisotopic (exact) mass is 285 g/mol. The first-order chi connectivity index (χ1) is 9.85. The zero-order chi connectivity index (χ0) is 14.2. The lowest BCUT2D eigenvalue weighted by molar-refractivity contribution is 0.343. The van der Waals surface area contributed by atoms with Gasteiger partial charge in [0.25, 0.3) is 0 Å². The maximum absolute atomic E-state index is 8.97. The largest absolute Gasteiger partial charge is 0.496 e. The van der Waals surface area contributed by atoms with E-state index in [0.29, 0.717) is 17.9 Å². The van der Waals surface area contributed by atoms with Crippen molar-refractivity contribution >= 4 is 11.8 Å². The molecule has 2 aromatic rings. The van der Waals surface area contributed by atoms with E-state index in [1.807, 2.05) is 42.5 Å². The van der Waals surface area contributed by atoms with Crippen molar-refractivity contribution in [2.45, 2.75) is 4.90 Å². The van der Waals surface area contributed by atoms with E-state index >= 15 is 0 Å². The third-order valence-corrected chi connectivity index (χ3v) is 3.69. The highest BCUT2D eigenvalue weighted by Crippen LogP contribution is 2.28. The van der Waals surface area contributed by atoms with Crippen LogP contribution in [0.4, 0.5) is 0 Å². The van der Waals surface area contributed by atoms with Gasteiger partial charge in [0.15, 0.2) is 0 Å². The lowest BCUT2D eigenvalue weighted by Crippen LogP contribution is -2.01. The first-order valence-electron chi connectivity index (χ1n) is 6.23. The van der Waals surface area contributed by atoms with Crippen LogP contribution in [0.15, 0.2) is 53.4 Å². The van der Waals surface area contributed by atoms with Gasteiger partial charge in [-0.05, 0) is 24.3 Å². The van der Waals surface area contributed by atoms with E-state index in [9.17, 15) is 0 Å². The molecule has 0 aliphatic rings. The molecule has 0 heterocycles. The molecular formula is C16H15NO2S. The quantitative estimate of drug-likeness (QED) is 0.599. The maximum atomic E-state index is 8.97. The number of nitriles is 1. The van der Waals surface area contributed by atoms with Crippen LogP contribution in [0, 0.1) is 11.3 Å². The van der Waals surface area contributed by atoms with Crippen LogP contribution >= 0.6 is 11.8 Å². The molecule has 2 aromatic carbocycles. The second kappa shape index (κ2) is 7.46. The van der Waals surface area contributed by atoms with E-state index in [1.54, 1.807) is 24.9 Å². The Kier molecular flexibility index (Phi) is 5.33. The number of methoxy groups -OCH3 is 1. The molecule has 0 radical (unpaired) electrons. The maximum Gasteiger partial charge on any atom is 0.137 e. The standard InChI is InChI=1S/C16H15NO2S/c1-18-15-8-4-5-9-16(15)20-11-10-19-14-7-3-2-6-13(14)12-17/h2-9H,10-11H2,1H3. The molecule has 2 rings (SSSR count). The first kappa shape index (κ1) is 14.3. The van der Waals surface area contributed by atoms with E-state index < -0.39 is 0 Å². The zero-order valence-electron chi connectivity index (χ0n) is 11.2. The fraction of sp³-hybridized carbons (Fsp3) is 0.188. The average Bonchev–Trinajstić information content (AvgIpc) is 2.52. The van der Waals surface area contributed by atoms with Gasteiger partial charge < -0.3 is 9.47 Å². The van der Waals surface area contributed by atoms with Crippen LogP contribution in [-0.4, -0.2) is 19.5 Å². The molecule has 0 bridgehead atoms. The molecule has 0 atom stereocenters. The minimum atomic E-state index is 0.543. The fourth-order valence-corrected chi connectivity index (χ4v) is 2.58. The number of thioether (sulfide) groups is 1. The number of para-hydroxylation sites is 2. The van der Waals surface area contributed by atoms with Crippen LogP contribution in [-0.2, 0) is 0 Å². The molecule has 0 spiro atoms. The number of nitrogens with zero attached hydrogens (tertiary/aromatic N) is 1. The molecule has 0 amide bonds. The summed E-state index contributed by atoms with van der Waals surface area (Å²) in [6, 6.07) is 17.3. The van der Waals surface area contributed by atoms with Gasteiger partial charge in [-0.2, -0.15) is 5.26 Å². The summed E-state index contributed by atoms with van der Waals surface area (Å²) < 4.78 is 10.9. The molecule has 0 aliphatic carbocycles. The summed E-state index contributed by atoms with van der Waals surface area (Å²) in [5.41, 5.74) is 0.565. The number of rotatable bonds is 6. The Balaban J connectivity index is 1.86. The van der Waals surface area contributed by atoms with Gasteiger partial charge in [-0.1, -0.05) is 24.3 Å². The molecule has 0 aliphatic heterocycles. The highest BCUT2D eigenvalue weighted by Gasteiger charge is 2.04. The van der Waals surface area contributed by atoms with Crippen molar-refractivity contribution in [1.82, 2.24) is 0 Å². The molecule has 0 fully saturated rings. The number of hydrogen-bond donors (Lipinski definition) is 0. The summed E-state index contributed by atoms with van der Waals surface area (Å²) in [4.78, 5) is 1.09. The van der Waals surface area contributed by atoms with Gasteiger partial charge >= 0.3 is 0 Å². The minimum absolute atomic E-state index is 0.543. The molecule has 4 heteroatoms. The number of hydrogen-bond acceptors (Lipinski definition) is 4. The predicted molar refractivity (Wildman–Crippen MR) is 80.4 cm³/mol. The third kappa shape index (κ3) is 3.69. The molecule has 0 N–H and O–H groups in total. The van der Waals surface area contributed by atoms with Crippen molar-refractivity contribution in [2.75, 3.05) is 19.5 Å². The summed E-state index contributed by atoms with van der Waals surface area (Å²) in [5.74, 6) is 2.30. The second-order valence-corrected chi connectivity index (χ2v) is 5.09. The van der Waals surface area contributed by atoms with Gasteiger partial charge in [-0.3, -0.25) is 0 Å². The molecule has 0 unspecified atom stereocenters. The smallest absolute Gasteiger partial charge is 0.137 e. The van der Waals surface area contributed by atoms with E-state index in [1.165, 1.54) is 0 Å². The van der Waals surface area contributed by atoms with Crippen LogP contribution in [0.3, 0.4) is 0 Å². The van der Waals surface area contributed by atoms with E-state index in [0.717, 1.165) is 16.4 Å². The van der Waals surface area contributed by atoms with Gasteiger partial charge in [-0.15, -0.1) is 11.8 Å². The first-order valence-corrected chi connectivity index (χ1v) is 7.21. The van der Waals surface area contributed by atoms with Crippen LogP contribution < -0.4 is 9.47 Å². The summed E-state index contributed by atoms with van der Waals surface area (Å²) in [7, 11) is 1.67. The van der Waals surface area contributed by atoms with Gasteiger partial charge in [0, 0.05) is 10.6 Å². The predicted octanol–water partition coefficient (Wildman–Crippen LogP) is 3.74. The average molecular weight is 285 g/mol. The van der Waals surface area contributed by atoms with Crippen molar-refractivity contribution in [3.05, 3.63) is 54.1 Å². The Morgan fingerprint density at radius 3 is 2.50 bits per heavy atom. The summed E-state index contributed by atoms with van der Waals surface area (Å²) in [5, 5.41) is 8.97. The third-order valence-electron chi connectivity index (χ3n) is 2.68. The van der Waals surface area contributed by atoms with Crippen LogP contribution in [0.5, 0.6) is 11.5 Å². The molecule has 3 nitrogen and oxygen atoms in total. The Labute approximate surface area is 123 Å². The number of ether oxygens (including phenoxy) is 2. The zero-order valence-corrected chi connectivity index (χ0v) is 12.0. The Morgan fingerprint density at radius 2 is 1.75 bits per heavy atom.